The van der Waals surface area contributed by atoms with Crippen LogP contribution in [0.4, 0.5) is 4.39 Å². The van der Waals surface area contributed by atoms with E-state index in [0.717, 1.165) is 5.56 Å². The molecule has 6 heteroatoms. The van der Waals surface area contributed by atoms with Gasteiger partial charge in [0.2, 0.25) is 0 Å². The maximum atomic E-state index is 12.7. The van der Waals surface area contributed by atoms with Crippen LogP contribution in [0.5, 0.6) is 0 Å². The molecule has 0 unspecified atom stereocenters. The summed E-state index contributed by atoms with van der Waals surface area (Å²) in [5, 5.41) is 3.91. The first kappa shape index (κ1) is 10.4. The Hall–Kier alpha value is -1.13. The molecule has 0 aliphatic heterocycles. The third kappa shape index (κ3) is 2.46. The summed E-state index contributed by atoms with van der Waals surface area (Å²) in [6.45, 7) is 0. The Morgan fingerprint density at radius 1 is 1.33 bits per heavy atom. The molecule has 0 bridgehead atoms. The highest BCUT2D eigenvalue weighted by molar-refractivity contribution is 6.31. The van der Waals surface area contributed by atoms with Crippen molar-refractivity contribution in [1.29, 1.82) is 0 Å². The van der Waals surface area contributed by atoms with Crippen molar-refractivity contribution in [3.8, 4) is 0 Å². The van der Waals surface area contributed by atoms with Gasteiger partial charge in [-0.3, -0.25) is 0 Å². The number of nitrogens with zero attached hydrogens (tertiary/aromatic N) is 2. The highest BCUT2D eigenvalue weighted by Gasteiger charge is 2.08. The van der Waals surface area contributed by atoms with Gasteiger partial charge in [0, 0.05) is 11.4 Å². The number of hydrogen-bond acceptors (Lipinski definition) is 3. The van der Waals surface area contributed by atoms with E-state index in [1.165, 1.54) is 12.1 Å². The second kappa shape index (κ2) is 4.16. The van der Waals surface area contributed by atoms with Crippen molar-refractivity contribution in [3.05, 3.63) is 45.8 Å². The molecule has 0 fully saturated rings. The Kier molecular flexibility index (Phi) is 2.88. The molecule has 15 heavy (non-hydrogen) atoms. The average molecular weight is 247 g/mol. The fraction of sp³-hybridized carbons (Fsp3) is 0.111. The van der Waals surface area contributed by atoms with E-state index in [0.29, 0.717) is 17.3 Å². The van der Waals surface area contributed by atoms with E-state index in [4.69, 9.17) is 23.2 Å². The number of hydrogen-bond donors (Lipinski definition) is 0. The lowest BCUT2D eigenvalue weighted by Gasteiger charge is -2.00. The lowest BCUT2D eigenvalue weighted by Crippen LogP contribution is -1.92. The van der Waals surface area contributed by atoms with Crippen molar-refractivity contribution in [1.82, 2.24) is 10.1 Å². The van der Waals surface area contributed by atoms with E-state index in [-0.39, 0.29) is 11.2 Å². The van der Waals surface area contributed by atoms with Crippen molar-refractivity contribution in [2.75, 3.05) is 0 Å². The number of halogens is 3. The zero-order valence-corrected chi connectivity index (χ0v) is 8.89. The van der Waals surface area contributed by atoms with Crippen LogP contribution in [0.1, 0.15) is 11.4 Å². The quantitative estimate of drug-likeness (QED) is 0.818. The minimum Gasteiger partial charge on any atom is -0.321 e. The van der Waals surface area contributed by atoms with Gasteiger partial charge in [0.15, 0.2) is 5.82 Å². The molecule has 1 heterocycles. The molecule has 2 aromatic rings. The Bertz CT molecular complexity index is 487. The smallest absolute Gasteiger partial charge is 0.320 e. The van der Waals surface area contributed by atoms with E-state index < -0.39 is 0 Å². The summed E-state index contributed by atoms with van der Waals surface area (Å²) >= 11 is 11.3. The summed E-state index contributed by atoms with van der Waals surface area (Å²) in [6, 6.07) is 4.13. The highest BCUT2D eigenvalue weighted by atomic mass is 35.5. The van der Waals surface area contributed by atoms with Gasteiger partial charge >= 0.3 is 5.35 Å². The van der Waals surface area contributed by atoms with Crippen molar-refractivity contribution in [2.24, 2.45) is 0 Å². The molecule has 0 saturated heterocycles. The van der Waals surface area contributed by atoms with Crippen LogP contribution in [-0.4, -0.2) is 10.1 Å². The standard InChI is InChI=1S/C9H5Cl2FN2O/c10-7-4-6(12)2-1-5(7)3-8-13-9(11)15-14-8/h1-2,4H,3H2. The minimum absolute atomic E-state index is 0.0248. The van der Waals surface area contributed by atoms with E-state index >= 15 is 0 Å². The molecule has 1 aromatic heterocycles. The molecule has 0 N–H and O–H groups in total. The van der Waals surface area contributed by atoms with Crippen molar-refractivity contribution >= 4 is 23.2 Å². The summed E-state index contributed by atoms with van der Waals surface area (Å²) in [4.78, 5) is 3.80. The first-order valence-electron chi connectivity index (χ1n) is 4.07. The Balaban J connectivity index is 2.24. The second-order valence-electron chi connectivity index (χ2n) is 2.88. The molecule has 0 atom stereocenters. The first-order valence-corrected chi connectivity index (χ1v) is 4.83. The van der Waals surface area contributed by atoms with Gasteiger partial charge in [0.1, 0.15) is 5.82 Å². The van der Waals surface area contributed by atoms with Crippen LogP contribution in [0.15, 0.2) is 22.7 Å². The molecule has 1 aromatic carbocycles. The van der Waals surface area contributed by atoms with Gasteiger partial charge in [-0.25, -0.2) is 4.39 Å². The van der Waals surface area contributed by atoms with Gasteiger partial charge < -0.3 is 4.52 Å². The fourth-order valence-corrected chi connectivity index (χ4v) is 1.51. The summed E-state index contributed by atoms with van der Waals surface area (Å²) in [7, 11) is 0. The first-order chi connectivity index (χ1) is 7.15. The van der Waals surface area contributed by atoms with Crippen LogP contribution in [-0.2, 0) is 6.42 Å². The molecule has 0 spiro atoms. The summed E-state index contributed by atoms with van der Waals surface area (Å²) in [6.07, 6.45) is 0.356. The molecule has 0 saturated carbocycles. The summed E-state index contributed by atoms with van der Waals surface area (Å²) in [5.74, 6) is 0.0309. The van der Waals surface area contributed by atoms with Crippen LogP contribution in [0.3, 0.4) is 0 Å². The topological polar surface area (TPSA) is 38.9 Å². The lowest BCUT2D eigenvalue weighted by molar-refractivity contribution is 0.413. The van der Waals surface area contributed by atoms with Gasteiger partial charge in [0.25, 0.3) is 0 Å². The lowest BCUT2D eigenvalue weighted by atomic mass is 10.1. The zero-order chi connectivity index (χ0) is 10.8. The maximum absolute atomic E-state index is 12.7. The van der Waals surface area contributed by atoms with E-state index in [2.05, 4.69) is 14.7 Å². The molecule has 0 amide bonds. The van der Waals surface area contributed by atoms with E-state index in [1.807, 2.05) is 0 Å². The number of aromatic nitrogens is 2. The Labute approximate surface area is 94.8 Å². The molecule has 0 aliphatic rings. The molecular formula is C9H5Cl2FN2O. The van der Waals surface area contributed by atoms with E-state index in [9.17, 15) is 4.39 Å². The Morgan fingerprint density at radius 2 is 2.13 bits per heavy atom. The average Bonchev–Trinajstić information content (AvgIpc) is 2.56. The van der Waals surface area contributed by atoms with Gasteiger partial charge in [-0.05, 0) is 29.3 Å². The highest BCUT2D eigenvalue weighted by Crippen LogP contribution is 2.19. The Morgan fingerprint density at radius 3 is 2.73 bits per heavy atom. The second-order valence-corrected chi connectivity index (χ2v) is 3.61. The minimum atomic E-state index is -0.380. The summed E-state index contributed by atoms with van der Waals surface area (Å²) in [5.41, 5.74) is 0.718. The molecule has 78 valence electrons. The van der Waals surface area contributed by atoms with Crippen LogP contribution in [0, 0.1) is 5.82 Å². The molecule has 0 aliphatic carbocycles. The van der Waals surface area contributed by atoms with Crippen molar-refractivity contribution in [2.45, 2.75) is 6.42 Å². The van der Waals surface area contributed by atoms with Crippen LogP contribution in [0.2, 0.25) is 10.4 Å². The third-order valence-electron chi connectivity index (χ3n) is 1.81. The van der Waals surface area contributed by atoms with Gasteiger partial charge in [-0.1, -0.05) is 22.8 Å². The predicted molar refractivity (Wildman–Crippen MR) is 53.5 cm³/mol. The fourth-order valence-electron chi connectivity index (χ4n) is 1.14. The predicted octanol–water partition coefficient (Wildman–Crippen LogP) is 3.11. The van der Waals surface area contributed by atoms with Gasteiger partial charge in [-0.2, -0.15) is 4.98 Å². The number of benzene rings is 1. The molecule has 0 radical (unpaired) electrons. The SMILES string of the molecule is Fc1ccc(Cc2noc(Cl)n2)c(Cl)c1. The van der Waals surface area contributed by atoms with Gasteiger partial charge in [-0.15, -0.1) is 0 Å². The van der Waals surface area contributed by atoms with Crippen molar-refractivity contribution in [3.63, 3.8) is 0 Å². The third-order valence-corrected chi connectivity index (χ3v) is 2.31. The molecule has 3 nitrogen and oxygen atoms in total. The molecule has 2 rings (SSSR count). The van der Waals surface area contributed by atoms with Crippen LogP contribution in [0.25, 0.3) is 0 Å². The normalized spacial score (nSPS) is 10.6. The van der Waals surface area contributed by atoms with Crippen LogP contribution < -0.4 is 0 Å². The largest absolute Gasteiger partial charge is 0.321 e. The van der Waals surface area contributed by atoms with E-state index in [1.54, 1.807) is 6.07 Å². The van der Waals surface area contributed by atoms with Gasteiger partial charge in [0.05, 0.1) is 0 Å². The zero-order valence-electron chi connectivity index (χ0n) is 7.38. The maximum Gasteiger partial charge on any atom is 0.320 e. The van der Waals surface area contributed by atoms with Crippen LogP contribution >= 0.6 is 23.2 Å². The monoisotopic (exact) mass is 246 g/mol. The number of rotatable bonds is 2. The van der Waals surface area contributed by atoms with Crippen molar-refractivity contribution < 1.29 is 8.91 Å². The summed E-state index contributed by atoms with van der Waals surface area (Å²) < 4.78 is 17.3. The molecular weight excluding hydrogens is 242 g/mol.